The molecule has 0 aliphatic rings. The number of sulfonamides is 1. The molecule has 4 rings (SSSR count). The topological polar surface area (TPSA) is 103 Å². The van der Waals surface area contributed by atoms with E-state index in [2.05, 4.69) is 4.72 Å². The molecule has 1 atom stereocenters. The number of aryl methyl sites for hydroxylation is 2. The zero-order valence-electron chi connectivity index (χ0n) is 21.9. The van der Waals surface area contributed by atoms with Crippen LogP contribution >= 0.6 is 0 Å². The maximum Gasteiger partial charge on any atom is 0.340 e. The Bertz CT molecular complexity index is 1610. The van der Waals surface area contributed by atoms with E-state index in [-0.39, 0.29) is 28.6 Å². The largest absolute Gasteiger partial charge is 0.425 e. The van der Waals surface area contributed by atoms with Gasteiger partial charge in [0.05, 0.1) is 4.90 Å². The van der Waals surface area contributed by atoms with E-state index in [9.17, 15) is 18.0 Å². The van der Waals surface area contributed by atoms with Gasteiger partial charge in [0.25, 0.3) is 0 Å². The Balaban J connectivity index is 1.58. The van der Waals surface area contributed by atoms with Crippen molar-refractivity contribution in [1.29, 1.82) is 0 Å². The summed E-state index contributed by atoms with van der Waals surface area (Å²) in [6.45, 7) is 7.50. The number of carbonyl (C=O) groups excluding carboxylic acids is 1. The number of rotatable bonds is 9. The normalized spacial score (nSPS) is 12.6. The van der Waals surface area contributed by atoms with E-state index in [4.69, 9.17) is 9.15 Å². The minimum Gasteiger partial charge on any atom is -0.425 e. The Labute approximate surface area is 222 Å². The molecule has 1 N–H and O–H groups in total. The zero-order chi connectivity index (χ0) is 27.4. The molecule has 0 amide bonds. The van der Waals surface area contributed by atoms with E-state index >= 15 is 0 Å². The van der Waals surface area contributed by atoms with Crippen LogP contribution in [0.25, 0.3) is 11.0 Å². The molecule has 0 fully saturated rings. The van der Waals surface area contributed by atoms with Crippen LogP contribution < -0.4 is 15.1 Å². The lowest BCUT2D eigenvalue weighted by Gasteiger charge is -2.19. The van der Waals surface area contributed by atoms with Crippen LogP contribution in [0.2, 0.25) is 0 Å². The van der Waals surface area contributed by atoms with Gasteiger partial charge in [-0.05, 0) is 61.6 Å². The predicted octanol–water partition coefficient (Wildman–Crippen LogP) is 5.30. The van der Waals surface area contributed by atoms with E-state index in [1.807, 2.05) is 58.0 Å². The molecule has 0 saturated heterocycles. The van der Waals surface area contributed by atoms with Crippen molar-refractivity contribution in [1.82, 2.24) is 4.72 Å². The van der Waals surface area contributed by atoms with Crippen LogP contribution in [-0.4, -0.2) is 20.4 Å². The molecule has 8 heteroatoms. The monoisotopic (exact) mass is 533 g/mol. The predicted molar refractivity (Wildman–Crippen MR) is 147 cm³/mol. The first-order valence-electron chi connectivity index (χ1n) is 12.4. The number of benzene rings is 3. The summed E-state index contributed by atoms with van der Waals surface area (Å²) in [5.41, 5.74) is 3.11. The van der Waals surface area contributed by atoms with Crippen LogP contribution in [0.1, 0.15) is 42.5 Å². The minimum absolute atomic E-state index is 0.0218. The highest BCUT2D eigenvalue weighted by Crippen LogP contribution is 2.26. The smallest absolute Gasteiger partial charge is 0.340 e. The first-order valence-corrected chi connectivity index (χ1v) is 13.9. The molecular weight excluding hydrogens is 502 g/mol. The van der Waals surface area contributed by atoms with Crippen molar-refractivity contribution < 1.29 is 22.4 Å². The Morgan fingerprint density at radius 3 is 2.32 bits per heavy atom. The first kappa shape index (κ1) is 27.3. The third-order valence-corrected chi connectivity index (χ3v) is 7.81. The van der Waals surface area contributed by atoms with E-state index in [1.54, 1.807) is 24.3 Å². The molecule has 1 heterocycles. The van der Waals surface area contributed by atoms with Crippen LogP contribution in [-0.2, 0) is 21.2 Å². The maximum atomic E-state index is 13.1. The van der Waals surface area contributed by atoms with Crippen LogP contribution in [0, 0.1) is 19.8 Å². The van der Waals surface area contributed by atoms with Crippen molar-refractivity contribution in [3.63, 3.8) is 0 Å². The van der Waals surface area contributed by atoms with Crippen LogP contribution in [0.15, 0.2) is 86.9 Å². The molecule has 0 aliphatic heterocycles. The van der Waals surface area contributed by atoms with E-state index in [0.717, 1.165) is 22.1 Å². The van der Waals surface area contributed by atoms with Gasteiger partial charge in [0, 0.05) is 23.4 Å². The third kappa shape index (κ3) is 6.38. The molecule has 0 aliphatic carbocycles. The molecule has 198 valence electrons. The van der Waals surface area contributed by atoms with E-state index in [1.165, 1.54) is 18.2 Å². The number of carbonyl (C=O) groups is 1. The standard InChI is InChI=1S/C30H31NO6S/c1-19(2)16-27(31-38(34,35)24-13-10-20(3)11-14-24)30(33)36-23-12-15-25-21(4)26(29(32)37-28(25)18-23)17-22-8-6-5-7-9-22/h5-15,18-19,27,31H,16-17H2,1-4H3/t27-/m0/s1. The van der Waals surface area contributed by atoms with Crippen molar-refractivity contribution in [2.24, 2.45) is 5.92 Å². The summed E-state index contributed by atoms with van der Waals surface area (Å²) in [5, 5.41) is 0.731. The average Bonchev–Trinajstić information content (AvgIpc) is 2.86. The van der Waals surface area contributed by atoms with Gasteiger partial charge in [-0.3, -0.25) is 0 Å². The number of esters is 1. The fraction of sp³-hybridized carbons (Fsp3) is 0.267. The number of ether oxygens (including phenoxy) is 1. The van der Waals surface area contributed by atoms with Crippen LogP contribution in [0.4, 0.5) is 0 Å². The summed E-state index contributed by atoms with van der Waals surface area (Å²) in [4.78, 5) is 25.9. The Hall–Kier alpha value is -3.75. The van der Waals surface area contributed by atoms with E-state index < -0.39 is 27.7 Å². The number of fused-ring (bicyclic) bond motifs is 1. The molecule has 0 spiro atoms. The van der Waals surface area contributed by atoms with Crippen LogP contribution in [0.3, 0.4) is 0 Å². The van der Waals surface area contributed by atoms with Crippen molar-refractivity contribution in [3.8, 4) is 5.75 Å². The van der Waals surface area contributed by atoms with Crippen LogP contribution in [0.5, 0.6) is 5.75 Å². The molecule has 4 aromatic rings. The fourth-order valence-corrected chi connectivity index (χ4v) is 5.46. The Kier molecular flexibility index (Phi) is 8.14. The highest BCUT2D eigenvalue weighted by Gasteiger charge is 2.28. The summed E-state index contributed by atoms with van der Waals surface area (Å²) in [6, 6.07) is 19.8. The third-order valence-electron chi connectivity index (χ3n) is 6.32. The van der Waals surface area contributed by atoms with E-state index in [0.29, 0.717) is 12.0 Å². The van der Waals surface area contributed by atoms with Crippen molar-refractivity contribution >= 4 is 27.0 Å². The second-order valence-corrected chi connectivity index (χ2v) is 11.6. The second kappa shape index (κ2) is 11.3. The summed E-state index contributed by atoms with van der Waals surface area (Å²) in [5.74, 6) is -0.564. The van der Waals surface area contributed by atoms with Crippen molar-refractivity contribution in [2.45, 2.75) is 51.5 Å². The highest BCUT2D eigenvalue weighted by atomic mass is 32.2. The lowest BCUT2D eigenvalue weighted by atomic mass is 10.00. The summed E-state index contributed by atoms with van der Waals surface area (Å²) in [7, 11) is -3.95. The lowest BCUT2D eigenvalue weighted by Crippen LogP contribution is -2.43. The molecule has 0 radical (unpaired) electrons. The van der Waals surface area contributed by atoms with Gasteiger partial charge in [0.2, 0.25) is 10.0 Å². The zero-order valence-corrected chi connectivity index (χ0v) is 22.7. The maximum absolute atomic E-state index is 13.1. The van der Waals surface area contributed by atoms with Gasteiger partial charge in [-0.2, -0.15) is 4.72 Å². The van der Waals surface area contributed by atoms with Gasteiger partial charge in [-0.15, -0.1) is 0 Å². The highest BCUT2D eigenvalue weighted by molar-refractivity contribution is 7.89. The number of nitrogens with one attached hydrogen (secondary N) is 1. The minimum atomic E-state index is -3.95. The second-order valence-electron chi connectivity index (χ2n) is 9.85. The van der Waals surface area contributed by atoms with Gasteiger partial charge < -0.3 is 9.15 Å². The van der Waals surface area contributed by atoms with Gasteiger partial charge >= 0.3 is 11.6 Å². The quantitative estimate of drug-likeness (QED) is 0.178. The van der Waals surface area contributed by atoms with Gasteiger partial charge in [0.15, 0.2) is 0 Å². The molecular formula is C30H31NO6S. The summed E-state index contributed by atoms with van der Waals surface area (Å²) in [6.07, 6.45) is 0.689. The molecule has 7 nitrogen and oxygen atoms in total. The molecule has 0 bridgehead atoms. The van der Waals surface area contributed by atoms with Gasteiger partial charge in [-0.1, -0.05) is 61.9 Å². The molecule has 38 heavy (non-hydrogen) atoms. The van der Waals surface area contributed by atoms with Crippen molar-refractivity contribution in [2.75, 3.05) is 0 Å². The Morgan fingerprint density at radius 1 is 0.974 bits per heavy atom. The molecule has 0 saturated carbocycles. The SMILES string of the molecule is Cc1ccc(S(=O)(=O)N[C@@H](CC(C)C)C(=O)Oc2ccc3c(C)c(Cc4ccccc4)c(=O)oc3c2)cc1. The van der Waals surface area contributed by atoms with Gasteiger partial charge in [-0.25, -0.2) is 18.0 Å². The lowest BCUT2D eigenvalue weighted by molar-refractivity contribution is -0.136. The average molecular weight is 534 g/mol. The number of hydrogen-bond acceptors (Lipinski definition) is 6. The van der Waals surface area contributed by atoms with Gasteiger partial charge in [0.1, 0.15) is 17.4 Å². The number of hydrogen-bond donors (Lipinski definition) is 1. The first-order chi connectivity index (χ1) is 18.0. The molecule has 0 unspecified atom stereocenters. The Morgan fingerprint density at radius 2 is 1.66 bits per heavy atom. The summed E-state index contributed by atoms with van der Waals surface area (Å²) >= 11 is 0. The summed E-state index contributed by atoms with van der Waals surface area (Å²) < 4.78 is 39.5. The molecule has 1 aromatic heterocycles. The van der Waals surface area contributed by atoms with Crippen molar-refractivity contribution in [3.05, 3.63) is 105 Å². The molecule has 3 aromatic carbocycles. The fourth-order valence-electron chi connectivity index (χ4n) is 4.27.